The van der Waals surface area contributed by atoms with Gasteiger partial charge in [-0.05, 0) is 68.1 Å². The molecule has 0 saturated heterocycles. The summed E-state index contributed by atoms with van der Waals surface area (Å²) in [5.74, 6) is 3.26. The largest absolute Gasteiger partial charge is 0.0654 e. The molecule has 22 heavy (non-hydrogen) atoms. The van der Waals surface area contributed by atoms with Gasteiger partial charge in [0.05, 0.1) is 0 Å². The van der Waals surface area contributed by atoms with E-state index >= 15 is 0 Å². The molecule has 0 unspecified atom stereocenters. The van der Waals surface area contributed by atoms with Gasteiger partial charge in [-0.3, -0.25) is 0 Å². The molecule has 2 aliphatic rings. The highest BCUT2D eigenvalue weighted by Crippen LogP contribution is 2.47. The monoisotopic (exact) mass is 306 g/mol. The summed E-state index contributed by atoms with van der Waals surface area (Å²) in [6.07, 6.45) is 22.5. The van der Waals surface area contributed by atoms with Gasteiger partial charge >= 0.3 is 0 Å². The molecule has 2 fully saturated rings. The van der Waals surface area contributed by atoms with Gasteiger partial charge in [0.25, 0.3) is 0 Å². The summed E-state index contributed by atoms with van der Waals surface area (Å²) >= 11 is 0. The fraction of sp³-hybridized carbons (Fsp3) is 1.00. The fourth-order valence-electron chi connectivity index (χ4n) is 5.39. The summed E-state index contributed by atoms with van der Waals surface area (Å²) < 4.78 is 0. The zero-order valence-corrected chi connectivity index (χ0v) is 15.8. The van der Waals surface area contributed by atoms with Gasteiger partial charge in [-0.1, -0.05) is 72.1 Å². The van der Waals surface area contributed by atoms with Crippen molar-refractivity contribution in [3.05, 3.63) is 0 Å². The molecule has 0 N–H and O–H groups in total. The summed E-state index contributed by atoms with van der Waals surface area (Å²) in [5, 5.41) is 0. The highest BCUT2D eigenvalue weighted by molar-refractivity contribution is 4.86. The summed E-state index contributed by atoms with van der Waals surface area (Å²) in [6, 6.07) is 0. The highest BCUT2D eigenvalue weighted by atomic mass is 14.4. The maximum Gasteiger partial charge on any atom is -0.0326 e. The number of hydrogen-bond acceptors (Lipinski definition) is 0. The third-order valence-corrected chi connectivity index (χ3v) is 7.13. The van der Waals surface area contributed by atoms with Crippen LogP contribution in [-0.2, 0) is 0 Å². The summed E-state index contributed by atoms with van der Waals surface area (Å²) in [4.78, 5) is 0. The first kappa shape index (κ1) is 18.3. The normalized spacial score (nSPS) is 36.4. The van der Waals surface area contributed by atoms with Crippen molar-refractivity contribution in [2.24, 2.45) is 23.2 Å². The van der Waals surface area contributed by atoms with E-state index in [1.807, 2.05) is 0 Å². The number of unbranched alkanes of at least 4 members (excludes halogenated alkanes) is 3. The van der Waals surface area contributed by atoms with Gasteiger partial charge in [-0.2, -0.15) is 0 Å². The molecular weight excluding hydrogens is 264 g/mol. The maximum atomic E-state index is 2.59. The summed E-state index contributed by atoms with van der Waals surface area (Å²) in [6.45, 7) is 7.27. The van der Waals surface area contributed by atoms with Gasteiger partial charge in [-0.15, -0.1) is 0 Å². The van der Waals surface area contributed by atoms with E-state index in [2.05, 4.69) is 20.8 Å². The molecule has 0 aromatic heterocycles. The van der Waals surface area contributed by atoms with Crippen LogP contribution in [-0.4, -0.2) is 0 Å². The van der Waals surface area contributed by atoms with Crippen LogP contribution >= 0.6 is 0 Å². The standard InChI is InChI=1S/C22H42/c1-4-6-7-8-16-22(3)17-14-21(15-18-22)20-12-10-19(9-5-2)11-13-20/h19-21H,4-18H2,1-3H3/t19?,20?,21-,22-. The zero-order chi connectivity index (χ0) is 15.8. The molecule has 0 bridgehead atoms. The van der Waals surface area contributed by atoms with E-state index in [9.17, 15) is 0 Å². The van der Waals surface area contributed by atoms with E-state index < -0.39 is 0 Å². The van der Waals surface area contributed by atoms with Crippen LogP contribution in [0.15, 0.2) is 0 Å². The van der Waals surface area contributed by atoms with Crippen molar-refractivity contribution >= 4 is 0 Å². The number of rotatable bonds is 8. The van der Waals surface area contributed by atoms with Crippen LogP contribution in [0.25, 0.3) is 0 Å². The van der Waals surface area contributed by atoms with Crippen LogP contribution < -0.4 is 0 Å². The third-order valence-electron chi connectivity index (χ3n) is 7.13. The van der Waals surface area contributed by atoms with Gasteiger partial charge in [0.1, 0.15) is 0 Å². The summed E-state index contributed by atoms with van der Waals surface area (Å²) in [5.41, 5.74) is 0.698. The number of hydrogen-bond donors (Lipinski definition) is 0. The predicted molar refractivity (Wildman–Crippen MR) is 99.2 cm³/mol. The summed E-state index contributed by atoms with van der Waals surface area (Å²) in [7, 11) is 0. The Kier molecular flexibility index (Phi) is 7.78. The van der Waals surface area contributed by atoms with Crippen LogP contribution in [0, 0.1) is 23.2 Å². The second-order valence-electron chi connectivity index (χ2n) is 9.03. The molecule has 2 saturated carbocycles. The van der Waals surface area contributed by atoms with Crippen molar-refractivity contribution in [3.8, 4) is 0 Å². The third kappa shape index (κ3) is 5.57. The second kappa shape index (κ2) is 9.33. The molecule has 0 spiro atoms. The molecule has 130 valence electrons. The zero-order valence-electron chi connectivity index (χ0n) is 15.8. The molecule has 0 radical (unpaired) electrons. The predicted octanol–water partition coefficient (Wildman–Crippen LogP) is 7.76. The SMILES string of the molecule is CCCCCC[C@]1(C)CC[C@@H](C2CCC(CCC)CC2)CC1. The fourth-order valence-corrected chi connectivity index (χ4v) is 5.39. The topological polar surface area (TPSA) is 0 Å². The minimum absolute atomic E-state index is 0.698. The Balaban J connectivity index is 1.66. The van der Waals surface area contributed by atoms with Gasteiger partial charge in [0.2, 0.25) is 0 Å². The van der Waals surface area contributed by atoms with E-state index in [4.69, 9.17) is 0 Å². The first-order chi connectivity index (χ1) is 10.7. The van der Waals surface area contributed by atoms with Crippen LogP contribution in [0.2, 0.25) is 0 Å². The van der Waals surface area contributed by atoms with Crippen molar-refractivity contribution in [3.63, 3.8) is 0 Å². The minimum atomic E-state index is 0.698. The minimum Gasteiger partial charge on any atom is -0.0654 e. The molecule has 2 rings (SSSR count). The first-order valence-electron chi connectivity index (χ1n) is 10.7. The Morgan fingerprint density at radius 1 is 0.727 bits per heavy atom. The lowest BCUT2D eigenvalue weighted by molar-refractivity contribution is 0.0951. The van der Waals surface area contributed by atoms with Crippen LogP contribution in [0.5, 0.6) is 0 Å². The van der Waals surface area contributed by atoms with Crippen LogP contribution in [0.1, 0.15) is 117 Å². The Labute approximate surface area is 140 Å². The first-order valence-corrected chi connectivity index (χ1v) is 10.7. The highest BCUT2D eigenvalue weighted by Gasteiger charge is 2.35. The lowest BCUT2D eigenvalue weighted by Crippen LogP contribution is -2.30. The van der Waals surface area contributed by atoms with Crippen molar-refractivity contribution in [1.82, 2.24) is 0 Å². The lowest BCUT2D eigenvalue weighted by Gasteiger charge is -2.42. The average Bonchev–Trinajstić information content (AvgIpc) is 2.54. The Bertz CT molecular complexity index is 276. The second-order valence-corrected chi connectivity index (χ2v) is 9.03. The molecule has 0 aromatic rings. The van der Waals surface area contributed by atoms with Gasteiger partial charge in [-0.25, -0.2) is 0 Å². The quantitative estimate of drug-likeness (QED) is 0.402. The van der Waals surface area contributed by atoms with Gasteiger partial charge in [0, 0.05) is 0 Å². The molecule has 2 aliphatic carbocycles. The smallest absolute Gasteiger partial charge is 0.0326 e. The molecular formula is C22H42. The Morgan fingerprint density at radius 2 is 1.36 bits per heavy atom. The van der Waals surface area contributed by atoms with Gasteiger partial charge in [0.15, 0.2) is 0 Å². The van der Waals surface area contributed by atoms with E-state index in [1.165, 1.54) is 57.8 Å². The van der Waals surface area contributed by atoms with E-state index in [-0.39, 0.29) is 0 Å². The van der Waals surface area contributed by atoms with E-state index in [0.717, 1.165) is 17.8 Å². The molecule has 0 aliphatic heterocycles. The van der Waals surface area contributed by atoms with Crippen molar-refractivity contribution in [2.75, 3.05) is 0 Å². The van der Waals surface area contributed by atoms with E-state index in [1.54, 1.807) is 38.5 Å². The van der Waals surface area contributed by atoms with Crippen LogP contribution in [0.3, 0.4) is 0 Å². The Morgan fingerprint density at radius 3 is 1.95 bits per heavy atom. The van der Waals surface area contributed by atoms with Crippen molar-refractivity contribution in [1.29, 1.82) is 0 Å². The molecule has 0 atom stereocenters. The molecule has 0 amide bonds. The van der Waals surface area contributed by atoms with Crippen LogP contribution in [0.4, 0.5) is 0 Å². The lowest BCUT2D eigenvalue weighted by atomic mass is 9.63. The van der Waals surface area contributed by atoms with Crippen molar-refractivity contribution < 1.29 is 0 Å². The van der Waals surface area contributed by atoms with E-state index in [0.29, 0.717) is 5.41 Å². The molecule has 0 heterocycles. The van der Waals surface area contributed by atoms with Crippen molar-refractivity contribution in [2.45, 2.75) is 117 Å². The molecule has 0 nitrogen and oxygen atoms in total. The Hall–Kier alpha value is 0. The van der Waals surface area contributed by atoms with Gasteiger partial charge < -0.3 is 0 Å². The average molecular weight is 307 g/mol. The molecule has 0 heteroatoms. The molecule has 0 aromatic carbocycles. The maximum absolute atomic E-state index is 2.59.